The zero-order chi connectivity index (χ0) is 10.3. The molecular weight excluding hydrogens is 194 g/mol. The predicted molar refractivity (Wildman–Crippen MR) is 59.0 cm³/mol. The molecule has 0 saturated carbocycles. The van der Waals surface area contributed by atoms with E-state index in [4.69, 9.17) is 0 Å². The molecule has 14 heavy (non-hydrogen) atoms. The largest absolute Gasteiger partial charge is 0.312 e. The SMILES string of the molecule is CNC1CS(=O)c2c(C)cc(C)cc21. The van der Waals surface area contributed by atoms with Crippen LogP contribution >= 0.6 is 0 Å². The molecule has 0 aliphatic carbocycles. The Morgan fingerprint density at radius 3 is 2.79 bits per heavy atom. The lowest BCUT2D eigenvalue weighted by atomic mass is 10.0. The smallest absolute Gasteiger partial charge is 0.0554 e. The van der Waals surface area contributed by atoms with Gasteiger partial charge in [0.15, 0.2) is 0 Å². The molecule has 1 heterocycles. The van der Waals surface area contributed by atoms with Crippen LogP contribution in [0.15, 0.2) is 17.0 Å². The number of fused-ring (bicyclic) bond motifs is 1. The summed E-state index contributed by atoms with van der Waals surface area (Å²) in [5.41, 5.74) is 3.64. The van der Waals surface area contributed by atoms with Crippen molar-refractivity contribution in [1.29, 1.82) is 0 Å². The Labute approximate surface area is 87.2 Å². The van der Waals surface area contributed by atoms with Crippen molar-refractivity contribution in [2.45, 2.75) is 24.8 Å². The van der Waals surface area contributed by atoms with E-state index in [2.05, 4.69) is 24.4 Å². The van der Waals surface area contributed by atoms with Gasteiger partial charge in [0.25, 0.3) is 0 Å². The first-order chi connectivity index (χ1) is 6.63. The average molecular weight is 209 g/mol. The van der Waals surface area contributed by atoms with Crippen LogP contribution in [0.5, 0.6) is 0 Å². The van der Waals surface area contributed by atoms with Crippen molar-refractivity contribution in [3.05, 3.63) is 28.8 Å². The molecular formula is C11H15NOS. The first-order valence-electron chi connectivity index (χ1n) is 4.80. The first-order valence-corrected chi connectivity index (χ1v) is 6.12. The van der Waals surface area contributed by atoms with Crippen molar-refractivity contribution in [3.8, 4) is 0 Å². The Morgan fingerprint density at radius 1 is 1.43 bits per heavy atom. The summed E-state index contributed by atoms with van der Waals surface area (Å²) in [6.07, 6.45) is 0. The molecule has 76 valence electrons. The van der Waals surface area contributed by atoms with E-state index in [1.54, 1.807) is 0 Å². The Balaban J connectivity index is 2.62. The number of nitrogens with one attached hydrogen (secondary N) is 1. The highest BCUT2D eigenvalue weighted by Crippen LogP contribution is 2.33. The van der Waals surface area contributed by atoms with Gasteiger partial charge in [0, 0.05) is 16.7 Å². The monoisotopic (exact) mass is 209 g/mol. The maximum atomic E-state index is 11.8. The van der Waals surface area contributed by atoms with Gasteiger partial charge in [-0.3, -0.25) is 4.21 Å². The number of benzene rings is 1. The maximum absolute atomic E-state index is 11.8. The molecule has 1 aliphatic rings. The molecule has 3 heteroatoms. The van der Waals surface area contributed by atoms with E-state index < -0.39 is 10.8 Å². The maximum Gasteiger partial charge on any atom is 0.0554 e. The first kappa shape index (κ1) is 9.87. The zero-order valence-electron chi connectivity index (χ0n) is 8.76. The van der Waals surface area contributed by atoms with Gasteiger partial charge in [0.2, 0.25) is 0 Å². The van der Waals surface area contributed by atoms with Crippen molar-refractivity contribution >= 4 is 10.8 Å². The molecule has 2 rings (SSSR count). The van der Waals surface area contributed by atoms with E-state index in [0.29, 0.717) is 0 Å². The zero-order valence-corrected chi connectivity index (χ0v) is 9.57. The second-order valence-electron chi connectivity index (χ2n) is 3.85. The summed E-state index contributed by atoms with van der Waals surface area (Å²) in [5.74, 6) is 0.718. The van der Waals surface area contributed by atoms with Crippen LogP contribution in [-0.4, -0.2) is 17.0 Å². The molecule has 0 aromatic heterocycles. The summed E-state index contributed by atoms with van der Waals surface area (Å²) in [6.45, 7) is 4.13. The quantitative estimate of drug-likeness (QED) is 0.762. The molecule has 1 aliphatic heterocycles. The van der Waals surface area contributed by atoms with Crippen molar-refractivity contribution in [3.63, 3.8) is 0 Å². The molecule has 0 radical (unpaired) electrons. The molecule has 0 amide bonds. The number of aryl methyl sites for hydroxylation is 2. The van der Waals surface area contributed by atoms with Crippen LogP contribution < -0.4 is 5.32 Å². The highest BCUT2D eigenvalue weighted by Gasteiger charge is 2.28. The lowest BCUT2D eigenvalue weighted by Crippen LogP contribution is -2.16. The van der Waals surface area contributed by atoms with E-state index in [1.807, 2.05) is 14.0 Å². The molecule has 1 N–H and O–H groups in total. The van der Waals surface area contributed by atoms with Gasteiger partial charge < -0.3 is 5.32 Å². The molecule has 1 aromatic carbocycles. The van der Waals surface area contributed by atoms with Gasteiger partial charge in [-0.05, 0) is 32.0 Å². The van der Waals surface area contributed by atoms with Crippen LogP contribution in [0.3, 0.4) is 0 Å². The van der Waals surface area contributed by atoms with Gasteiger partial charge in [-0.1, -0.05) is 17.7 Å². The Bertz CT molecular complexity index is 401. The lowest BCUT2D eigenvalue weighted by Gasteiger charge is -2.10. The number of rotatable bonds is 1. The summed E-state index contributed by atoms with van der Waals surface area (Å²) in [4.78, 5) is 1.05. The molecule has 2 atom stereocenters. The van der Waals surface area contributed by atoms with Crippen LogP contribution in [0.25, 0.3) is 0 Å². The van der Waals surface area contributed by atoms with Crippen LogP contribution in [0, 0.1) is 13.8 Å². The topological polar surface area (TPSA) is 29.1 Å². The van der Waals surface area contributed by atoms with E-state index in [9.17, 15) is 4.21 Å². The van der Waals surface area contributed by atoms with Crippen molar-refractivity contribution in [2.24, 2.45) is 0 Å². The van der Waals surface area contributed by atoms with E-state index in [0.717, 1.165) is 16.2 Å². The Kier molecular flexibility index (Phi) is 2.45. The summed E-state index contributed by atoms with van der Waals surface area (Å²) < 4.78 is 11.8. The Hall–Kier alpha value is -0.670. The highest BCUT2D eigenvalue weighted by molar-refractivity contribution is 7.85. The van der Waals surface area contributed by atoms with Crippen LogP contribution in [-0.2, 0) is 10.8 Å². The molecule has 0 spiro atoms. The minimum Gasteiger partial charge on any atom is -0.312 e. The molecule has 0 fully saturated rings. The second kappa shape index (κ2) is 3.48. The Morgan fingerprint density at radius 2 is 2.14 bits per heavy atom. The van der Waals surface area contributed by atoms with Crippen molar-refractivity contribution < 1.29 is 4.21 Å². The number of hydrogen-bond donors (Lipinski definition) is 1. The minimum absolute atomic E-state index is 0.268. The molecule has 1 aromatic rings. The fourth-order valence-corrected chi connectivity index (χ4v) is 3.82. The third kappa shape index (κ3) is 1.41. The summed E-state index contributed by atoms with van der Waals surface area (Å²) >= 11 is 0. The number of hydrogen-bond acceptors (Lipinski definition) is 2. The summed E-state index contributed by atoms with van der Waals surface area (Å²) in [6, 6.07) is 4.52. The third-order valence-corrected chi connectivity index (χ3v) is 4.37. The average Bonchev–Trinajstić information content (AvgIpc) is 2.42. The van der Waals surface area contributed by atoms with Crippen LogP contribution in [0.2, 0.25) is 0 Å². The standard InChI is InChI=1S/C11H15NOS/c1-7-4-8(2)11-9(5-7)10(12-3)6-14(11)13/h4-5,10,12H,6H2,1-3H3. The fraction of sp³-hybridized carbons (Fsp3) is 0.455. The van der Waals surface area contributed by atoms with Gasteiger partial charge in [-0.25, -0.2) is 0 Å². The summed E-state index contributed by atoms with van der Waals surface area (Å²) in [7, 11) is 1.12. The second-order valence-corrected chi connectivity index (χ2v) is 5.29. The van der Waals surface area contributed by atoms with E-state index in [1.165, 1.54) is 11.1 Å². The minimum atomic E-state index is -0.810. The van der Waals surface area contributed by atoms with Gasteiger partial charge >= 0.3 is 0 Å². The van der Waals surface area contributed by atoms with Crippen LogP contribution in [0.4, 0.5) is 0 Å². The normalized spacial score (nSPS) is 25.1. The summed E-state index contributed by atoms with van der Waals surface area (Å²) in [5, 5.41) is 3.21. The molecule has 0 bridgehead atoms. The van der Waals surface area contributed by atoms with Gasteiger partial charge in [0.1, 0.15) is 0 Å². The molecule has 2 nitrogen and oxygen atoms in total. The molecule has 0 saturated heterocycles. The predicted octanol–water partition coefficient (Wildman–Crippen LogP) is 1.69. The third-order valence-electron chi connectivity index (χ3n) is 2.72. The van der Waals surface area contributed by atoms with E-state index in [-0.39, 0.29) is 6.04 Å². The highest BCUT2D eigenvalue weighted by atomic mass is 32.2. The van der Waals surface area contributed by atoms with Gasteiger partial charge in [0.05, 0.1) is 10.8 Å². The van der Waals surface area contributed by atoms with Crippen LogP contribution in [0.1, 0.15) is 22.7 Å². The van der Waals surface area contributed by atoms with Gasteiger partial charge in [-0.2, -0.15) is 0 Å². The van der Waals surface area contributed by atoms with E-state index >= 15 is 0 Å². The van der Waals surface area contributed by atoms with Crippen molar-refractivity contribution in [1.82, 2.24) is 5.32 Å². The van der Waals surface area contributed by atoms with Crippen molar-refractivity contribution in [2.75, 3.05) is 12.8 Å². The van der Waals surface area contributed by atoms with Gasteiger partial charge in [-0.15, -0.1) is 0 Å². The lowest BCUT2D eigenvalue weighted by molar-refractivity contribution is 0.652. The molecule has 2 unspecified atom stereocenters. The fourth-order valence-electron chi connectivity index (χ4n) is 2.12.